The molecule has 0 atom stereocenters. The SMILES string of the molecule is NCC#Cc1ccccc1C(=O)NCCc1nccs1. The summed E-state index contributed by atoms with van der Waals surface area (Å²) in [5, 5.41) is 5.82. The second-order valence-corrected chi connectivity index (χ2v) is 4.96. The zero-order valence-electron chi connectivity index (χ0n) is 10.9. The Bertz CT molecular complexity index is 626. The van der Waals surface area contributed by atoms with Crippen LogP contribution in [0.3, 0.4) is 0 Å². The summed E-state index contributed by atoms with van der Waals surface area (Å²) in [6.07, 6.45) is 2.50. The van der Waals surface area contributed by atoms with Gasteiger partial charge in [0.25, 0.3) is 5.91 Å². The van der Waals surface area contributed by atoms with Gasteiger partial charge in [0.2, 0.25) is 0 Å². The first-order valence-corrected chi connectivity index (χ1v) is 7.14. The largest absolute Gasteiger partial charge is 0.352 e. The Morgan fingerprint density at radius 1 is 1.40 bits per heavy atom. The minimum Gasteiger partial charge on any atom is -0.352 e. The molecule has 20 heavy (non-hydrogen) atoms. The van der Waals surface area contributed by atoms with Crippen LogP contribution in [0, 0.1) is 11.8 Å². The Hall–Kier alpha value is -2.16. The van der Waals surface area contributed by atoms with E-state index in [-0.39, 0.29) is 12.5 Å². The van der Waals surface area contributed by atoms with Crippen molar-refractivity contribution in [1.82, 2.24) is 10.3 Å². The Morgan fingerprint density at radius 3 is 3.00 bits per heavy atom. The number of carbonyl (C=O) groups excluding carboxylic acids is 1. The highest BCUT2D eigenvalue weighted by atomic mass is 32.1. The molecular weight excluding hydrogens is 270 g/mol. The molecule has 1 aromatic heterocycles. The van der Waals surface area contributed by atoms with Crippen LogP contribution in [-0.4, -0.2) is 24.0 Å². The van der Waals surface area contributed by atoms with Gasteiger partial charge in [0, 0.05) is 30.1 Å². The van der Waals surface area contributed by atoms with E-state index in [0.717, 1.165) is 11.4 Å². The molecule has 0 radical (unpaired) electrons. The van der Waals surface area contributed by atoms with Crippen molar-refractivity contribution in [2.75, 3.05) is 13.1 Å². The van der Waals surface area contributed by atoms with Crippen LogP contribution >= 0.6 is 11.3 Å². The summed E-state index contributed by atoms with van der Waals surface area (Å²) in [5.74, 6) is 5.56. The van der Waals surface area contributed by atoms with E-state index in [0.29, 0.717) is 17.7 Å². The van der Waals surface area contributed by atoms with Crippen molar-refractivity contribution in [2.45, 2.75) is 6.42 Å². The summed E-state index contributed by atoms with van der Waals surface area (Å²) >= 11 is 1.59. The van der Waals surface area contributed by atoms with Crippen LogP contribution < -0.4 is 11.1 Å². The van der Waals surface area contributed by atoms with Gasteiger partial charge in [-0.05, 0) is 12.1 Å². The molecule has 5 heteroatoms. The summed E-state index contributed by atoms with van der Waals surface area (Å²) in [6.45, 7) is 0.838. The van der Waals surface area contributed by atoms with E-state index in [1.807, 2.05) is 23.6 Å². The number of rotatable bonds is 4. The van der Waals surface area contributed by atoms with E-state index in [9.17, 15) is 4.79 Å². The molecule has 1 heterocycles. The fourth-order valence-corrected chi connectivity index (χ4v) is 2.31. The molecule has 0 saturated carbocycles. The quantitative estimate of drug-likeness (QED) is 0.835. The second-order valence-electron chi connectivity index (χ2n) is 3.98. The molecular formula is C15H15N3OS. The molecule has 0 aliphatic carbocycles. The summed E-state index contributed by atoms with van der Waals surface area (Å²) in [4.78, 5) is 16.3. The molecule has 2 aromatic rings. The average molecular weight is 285 g/mol. The van der Waals surface area contributed by atoms with Crippen molar-refractivity contribution in [3.8, 4) is 11.8 Å². The molecule has 1 aromatic carbocycles. The summed E-state index contributed by atoms with van der Waals surface area (Å²) in [6, 6.07) is 7.26. The first kappa shape index (κ1) is 14.3. The lowest BCUT2D eigenvalue weighted by Gasteiger charge is -2.06. The van der Waals surface area contributed by atoms with E-state index >= 15 is 0 Å². The van der Waals surface area contributed by atoms with E-state index in [2.05, 4.69) is 22.1 Å². The summed E-state index contributed by atoms with van der Waals surface area (Å²) in [7, 11) is 0. The Morgan fingerprint density at radius 2 is 2.25 bits per heavy atom. The minimum absolute atomic E-state index is 0.122. The molecule has 0 unspecified atom stereocenters. The topological polar surface area (TPSA) is 68.0 Å². The average Bonchev–Trinajstić information content (AvgIpc) is 2.98. The maximum absolute atomic E-state index is 12.1. The van der Waals surface area contributed by atoms with Crippen molar-refractivity contribution in [2.24, 2.45) is 5.73 Å². The van der Waals surface area contributed by atoms with Crippen LogP contribution in [0.15, 0.2) is 35.8 Å². The van der Waals surface area contributed by atoms with Crippen molar-refractivity contribution in [1.29, 1.82) is 0 Å². The molecule has 0 saturated heterocycles. The van der Waals surface area contributed by atoms with Gasteiger partial charge < -0.3 is 11.1 Å². The molecule has 102 valence electrons. The zero-order chi connectivity index (χ0) is 14.2. The maximum Gasteiger partial charge on any atom is 0.252 e. The first-order valence-electron chi connectivity index (χ1n) is 6.26. The zero-order valence-corrected chi connectivity index (χ0v) is 11.7. The predicted molar refractivity (Wildman–Crippen MR) is 80.5 cm³/mol. The number of carbonyl (C=O) groups is 1. The van der Waals surface area contributed by atoms with Gasteiger partial charge in [-0.2, -0.15) is 0 Å². The number of thiazole rings is 1. The van der Waals surface area contributed by atoms with Crippen LogP contribution in [-0.2, 0) is 6.42 Å². The number of nitrogens with two attached hydrogens (primary N) is 1. The first-order chi connectivity index (χ1) is 9.81. The van der Waals surface area contributed by atoms with Crippen molar-refractivity contribution >= 4 is 17.2 Å². The van der Waals surface area contributed by atoms with Gasteiger partial charge in [-0.25, -0.2) is 4.98 Å². The van der Waals surface area contributed by atoms with Crippen molar-refractivity contribution in [3.05, 3.63) is 52.0 Å². The summed E-state index contributed by atoms with van der Waals surface area (Å²) < 4.78 is 0. The fraction of sp³-hybridized carbons (Fsp3) is 0.200. The molecule has 0 fully saturated rings. The lowest BCUT2D eigenvalue weighted by Crippen LogP contribution is -2.26. The minimum atomic E-state index is -0.122. The Kier molecular flexibility index (Phi) is 5.30. The molecule has 0 spiro atoms. The van der Waals surface area contributed by atoms with Gasteiger partial charge in [-0.3, -0.25) is 4.79 Å². The summed E-state index contributed by atoms with van der Waals surface area (Å²) in [5.41, 5.74) is 6.63. The third-order valence-corrected chi connectivity index (χ3v) is 3.44. The smallest absolute Gasteiger partial charge is 0.252 e. The Balaban J connectivity index is 1.98. The number of aromatic nitrogens is 1. The highest BCUT2D eigenvalue weighted by Gasteiger charge is 2.09. The van der Waals surface area contributed by atoms with Crippen LogP contribution in [0.25, 0.3) is 0 Å². The van der Waals surface area contributed by atoms with Crippen molar-refractivity contribution < 1.29 is 4.79 Å². The number of amides is 1. The fourth-order valence-electron chi connectivity index (χ4n) is 1.69. The third-order valence-electron chi connectivity index (χ3n) is 2.60. The van der Waals surface area contributed by atoms with E-state index < -0.39 is 0 Å². The van der Waals surface area contributed by atoms with Crippen molar-refractivity contribution in [3.63, 3.8) is 0 Å². The van der Waals surface area contributed by atoms with Gasteiger partial charge >= 0.3 is 0 Å². The molecule has 0 aliphatic rings. The molecule has 4 nitrogen and oxygen atoms in total. The normalized spacial score (nSPS) is 9.65. The monoisotopic (exact) mass is 285 g/mol. The predicted octanol–water partition coefficient (Wildman–Crippen LogP) is 1.43. The lowest BCUT2D eigenvalue weighted by molar-refractivity contribution is 0.0954. The molecule has 2 rings (SSSR count). The highest BCUT2D eigenvalue weighted by molar-refractivity contribution is 7.09. The molecule has 1 amide bonds. The lowest BCUT2D eigenvalue weighted by atomic mass is 10.1. The maximum atomic E-state index is 12.1. The van der Waals surface area contributed by atoms with Crippen LogP contribution in [0.1, 0.15) is 20.9 Å². The van der Waals surface area contributed by atoms with Crippen LogP contribution in [0.5, 0.6) is 0 Å². The van der Waals surface area contributed by atoms with E-state index in [1.165, 1.54) is 0 Å². The molecule has 0 aliphatic heterocycles. The highest BCUT2D eigenvalue weighted by Crippen LogP contribution is 2.08. The molecule has 3 N–H and O–H groups in total. The third kappa shape index (κ3) is 3.92. The van der Waals surface area contributed by atoms with Gasteiger partial charge in [-0.15, -0.1) is 11.3 Å². The number of hydrogen-bond acceptors (Lipinski definition) is 4. The number of benzene rings is 1. The van der Waals surface area contributed by atoms with Crippen LogP contribution in [0.2, 0.25) is 0 Å². The number of nitrogens with one attached hydrogen (secondary N) is 1. The number of nitrogens with zero attached hydrogens (tertiary/aromatic N) is 1. The molecule has 0 bridgehead atoms. The van der Waals surface area contributed by atoms with Gasteiger partial charge in [0.05, 0.1) is 17.1 Å². The van der Waals surface area contributed by atoms with Gasteiger partial charge in [0.1, 0.15) is 0 Å². The number of hydrogen-bond donors (Lipinski definition) is 2. The second kappa shape index (κ2) is 7.43. The van der Waals surface area contributed by atoms with E-state index in [1.54, 1.807) is 23.6 Å². The Labute approximate surface area is 122 Å². The van der Waals surface area contributed by atoms with E-state index in [4.69, 9.17) is 5.73 Å². The van der Waals surface area contributed by atoms with Crippen LogP contribution in [0.4, 0.5) is 0 Å². The van der Waals surface area contributed by atoms with Gasteiger partial charge in [-0.1, -0.05) is 24.0 Å². The van der Waals surface area contributed by atoms with Gasteiger partial charge in [0.15, 0.2) is 0 Å². The standard InChI is InChI=1S/C15H15N3OS/c16-8-3-5-12-4-1-2-6-13(12)15(19)18-9-7-14-17-10-11-20-14/h1-2,4,6,10-11H,7-9,16H2,(H,18,19).